The van der Waals surface area contributed by atoms with Gasteiger partial charge >= 0.3 is 11.9 Å². The van der Waals surface area contributed by atoms with Crippen molar-refractivity contribution < 1.29 is 23.8 Å². The van der Waals surface area contributed by atoms with Crippen LogP contribution in [0.1, 0.15) is 11.1 Å². The maximum absolute atomic E-state index is 11.4. The molecular weight excluding hydrogens is 358 g/mol. The number of rotatable bonds is 5. The van der Waals surface area contributed by atoms with Gasteiger partial charge in [0.1, 0.15) is 5.52 Å². The molecule has 3 aromatic rings. The molecule has 0 fully saturated rings. The summed E-state index contributed by atoms with van der Waals surface area (Å²) in [4.78, 5) is 26.8. The molecule has 0 radical (unpaired) electrons. The number of esters is 1. The molecule has 7 heteroatoms. The van der Waals surface area contributed by atoms with Crippen LogP contribution in [0.5, 0.6) is 0 Å². The number of carboxylic acids is 1. The van der Waals surface area contributed by atoms with Gasteiger partial charge in [-0.1, -0.05) is 30.3 Å². The third-order valence-corrected chi connectivity index (χ3v) is 4.14. The highest BCUT2D eigenvalue weighted by Crippen LogP contribution is 2.31. The minimum atomic E-state index is -1.14. The van der Waals surface area contributed by atoms with Gasteiger partial charge in [-0.3, -0.25) is 4.79 Å². The Kier molecular flexibility index (Phi) is 4.77. The van der Waals surface area contributed by atoms with E-state index in [1.807, 2.05) is 0 Å². The van der Waals surface area contributed by atoms with Gasteiger partial charge in [0.05, 0.1) is 19.1 Å². The second-order valence-electron chi connectivity index (χ2n) is 5.55. The maximum atomic E-state index is 11.4. The number of hydrogen-bond donors (Lipinski definition) is 1. The van der Waals surface area contributed by atoms with Crippen LogP contribution in [0.15, 0.2) is 47.4 Å². The lowest BCUT2D eigenvalue weighted by molar-refractivity contribution is -0.139. The summed E-state index contributed by atoms with van der Waals surface area (Å²) in [6, 6.07) is 10.0. The van der Waals surface area contributed by atoms with Gasteiger partial charge < -0.3 is 14.3 Å². The van der Waals surface area contributed by atoms with Crippen molar-refractivity contribution >= 4 is 40.2 Å². The molecule has 1 N–H and O–H groups in total. The minimum absolute atomic E-state index is 0.0911. The number of carbonyl (C=O) groups is 2. The van der Waals surface area contributed by atoms with Gasteiger partial charge in [-0.15, -0.1) is 0 Å². The Morgan fingerprint density at radius 3 is 2.69 bits per heavy atom. The number of halogens is 1. The van der Waals surface area contributed by atoms with Crippen LogP contribution in [0.3, 0.4) is 0 Å². The van der Waals surface area contributed by atoms with Crippen LogP contribution in [0.25, 0.3) is 28.1 Å². The Morgan fingerprint density at radius 2 is 2.04 bits per heavy atom. The molecule has 0 bridgehead atoms. The first-order valence-corrected chi connectivity index (χ1v) is 7.95. The van der Waals surface area contributed by atoms with E-state index in [0.717, 1.165) is 5.56 Å². The molecule has 0 saturated carbocycles. The smallest absolute Gasteiger partial charge is 0.335 e. The van der Waals surface area contributed by atoms with Crippen molar-refractivity contribution in [3.8, 4) is 11.5 Å². The van der Waals surface area contributed by atoms with Crippen LogP contribution in [0.4, 0.5) is 0 Å². The van der Waals surface area contributed by atoms with Gasteiger partial charge in [-0.25, -0.2) is 9.78 Å². The Balaban J connectivity index is 1.95. The van der Waals surface area contributed by atoms with Crippen LogP contribution < -0.4 is 0 Å². The predicted molar refractivity (Wildman–Crippen MR) is 96.8 cm³/mol. The van der Waals surface area contributed by atoms with Gasteiger partial charge in [0.2, 0.25) is 5.89 Å². The van der Waals surface area contributed by atoms with Gasteiger partial charge in [0, 0.05) is 16.1 Å². The maximum Gasteiger partial charge on any atom is 0.335 e. The highest BCUT2D eigenvalue weighted by molar-refractivity contribution is 6.34. The summed E-state index contributed by atoms with van der Waals surface area (Å²) in [7, 11) is 1.33. The molecule has 0 spiro atoms. The van der Waals surface area contributed by atoms with Crippen molar-refractivity contribution in [2.24, 2.45) is 0 Å². The fraction of sp³-hybridized carbons (Fsp3) is 0.105. The number of carboxylic acid groups (broad SMARTS) is 1. The number of fused-ring (bicyclic) bond motifs is 1. The first-order chi connectivity index (χ1) is 12.4. The van der Waals surface area contributed by atoms with E-state index in [1.54, 1.807) is 36.4 Å². The largest absolute Gasteiger partial charge is 0.478 e. The molecule has 0 amide bonds. The van der Waals surface area contributed by atoms with E-state index in [9.17, 15) is 9.59 Å². The third-order valence-electron chi connectivity index (χ3n) is 3.83. The normalized spacial score (nSPS) is 10.7. The number of carbonyl (C=O) groups excluding carboxylic acids is 1. The molecule has 0 aliphatic heterocycles. The van der Waals surface area contributed by atoms with Crippen molar-refractivity contribution in [3.05, 3.63) is 59.1 Å². The molecule has 26 heavy (non-hydrogen) atoms. The molecular formula is C19H14ClNO5. The van der Waals surface area contributed by atoms with E-state index in [2.05, 4.69) is 16.3 Å². The van der Waals surface area contributed by atoms with E-state index < -0.39 is 5.97 Å². The van der Waals surface area contributed by atoms with Crippen molar-refractivity contribution in [3.63, 3.8) is 0 Å². The van der Waals surface area contributed by atoms with Crippen LogP contribution >= 0.6 is 11.6 Å². The van der Waals surface area contributed by atoms with Crippen LogP contribution in [-0.2, 0) is 20.7 Å². The number of ether oxygens (including phenoxy) is 1. The predicted octanol–water partition coefficient (Wildman–Crippen LogP) is 3.96. The van der Waals surface area contributed by atoms with Gasteiger partial charge in [-0.05, 0) is 29.8 Å². The highest BCUT2D eigenvalue weighted by atomic mass is 35.5. The van der Waals surface area contributed by atoms with E-state index >= 15 is 0 Å². The Labute approximate surface area is 153 Å². The van der Waals surface area contributed by atoms with Crippen molar-refractivity contribution in [2.45, 2.75) is 6.42 Å². The Bertz CT molecular complexity index is 1040. The monoisotopic (exact) mass is 371 g/mol. The van der Waals surface area contributed by atoms with E-state index in [-0.39, 0.29) is 23.0 Å². The Hall–Kier alpha value is -3.12. The second kappa shape index (κ2) is 7.01. The fourth-order valence-electron chi connectivity index (χ4n) is 2.45. The lowest BCUT2D eigenvalue weighted by atomic mass is 10.1. The third kappa shape index (κ3) is 3.45. The number of oxazole rings is 1. The second-order valence-corrected chi connectivity index (χ2v) is 5.96. The zero-order valence-electron chi connectivity index (χ0n) is 13.8. The molecule has 1 aromatic heterocycles. The summed E-state index contributed by atoms with van der Waals surface area (Å²) in [5.74, 6) is -1.14. The molecule has 2 aromatic carbocycles. The molecule has 0 aliphatic carbocycles. The number of nitrogens with zero attached hydrogens (tertiary/aromatic N) is 1. The molecule has 132 valence electrons. The van der Waals surface area contributed by atoms with E-state index in [4.69, 9.17) is 21.1 Å². The molecule has 0 unspecified atom stereocenters. The quantitative estimate of drug-likeness (QED) is 0.539. The van der Waals surface area contributed by atoms with E-state index in [1.165, 1.54) is 7.11 Å². The summed E-state index contributed by atoms with van der Waals surface area (Å²) >= 11 is 6.17. The summed E-state index contributed by atoms with van der Waals surface area (Å²) in [6.45, 7) is 3.50. The van der Waals surface area contributed by atoms with E-state index in [0.29, 0.717) is 28.1 Å². The average molecular weight is 372 g/mol. The molecule has 3 rings (SSSR count). The van der Waals surface area contributed by atoms with Crippen LogP contribution in [-0.4, -0.2) is 29.1 Å². The number of methoxy groups -OCH3 is 1. The zero-order chi connectivity index (χ0) is 18.8. The first kappa shape index (κ1) is 17.7. The summed E-state index contributed by atoms with van der Waals surface area (Å²) in [5, 5.41) is 9.27. The first-order valence-electron chi connectivity index (χ1n) is 7.58. The highest BCUT2D eigenvalue weighted by Gasteiger charge is 2.15. The molecule has 1 heterocycles. The topological polar surface area (TPSA) is 89.6 Å². The minimum Gasteiger partial charge on any atom is -0.478 e. The number of benzene rings is 2. The van der Waals surface area contributed by atoms with Crippen molar-refractivity contribution in [1.82, 2.24) is 4.98 Å². The van der Waals surface area contributed by atoms with Crippen molar-refractivity contribution in [1.29, 1.82) is 0 Å². The van der Waals surface area contributed by atoms with Gasteiger partial charge in [-0.2, -0.15) is 0 Å². The average Bonchev–Trinajstić information content (AvgIpc) is 3.04. The lowest BCUT2D eigenvalue weighted by Crippen LogP contribution is -2.04. The van der Waals surface area contributed by atoms with Crippen LogP contribution in [0.2, 0.25) is 5.02 Å². The summed E-state index contributed by atoms with van der Waals surface area (Å²) < 4.78 is 10.4. The Morgan fingerprint density at radius 1 is 1.27 bits per heavy atom. The van der Waals surface area contributed by atoms with Gasteiger partial charge in [0.15, 0.2) is 5.58 Å². The molecule has 6 nitrogen and oxygen atoms in total. The summed E-state index contributed by atoms with van der Waals surface area (Å²) in [5.41, 5.74) is 2.75. The van der Waals surface area contributed by atoms with Crippen LogP contribution in [0, 0.1) is 0 Å². The number of aromatic nitrogens is 1. The number of aliphatic carboxylic acids is 1. The lowest BCUT2D eigenvalue weighted by Gasteiger charge is -2.05. The van der Waals surface area contributed by atoms with Crippen molar-refractivity contribution in [2.75, 3.05) is 7.11 Å². The SMILES string of the molecule is C=C(C(=O)O)c1ccc(-c2nc3cc(CC(=O)OC)ccc3o2)cc1Cl. The summed E-state index contributed by atoms with van der Waals surface area (Å²) in [6.07, 6.45) is 0.145. The fourth-order valence-corrected chi connectivity index (χ4v) is 2.75. The molecule has 0 atom stereocenters. The standard InChI is InChI=1S/C19H14ClNO5/c1-10(19(23)24)13-5-4-12(9-14(13)20)18-21-15-7-11(8-17(22)25-2)3-6-16(15)26-18/h3-7,9H,1,8H2,2H3,(H,23,24). The number of hydrogen-bond acceptors (Lipinski definition) is 5. The van der Waals surface area contributed by atoms with Gasteiger partial charge in [0.25, 0.3) is 0 Å². The molecule has 0 saturated heterocycles. The zero-order valence-corrected chi connectivity index (χ0v) is 14.5. The molecule has 0 aliphatic rings.